The van der Waals surface area contributed by atoms with Crippen LogP contribution in [0.25, 0.3) is 0 Å². The lowest BCUT2D eigenvalue weighted by Gasteiger charge is -2.24. The first-order chi connectivity index (χ1) is 18.8. The number of ether oxygens (including phenoxy) is 2. The molecular weight excluding hydrogens is 527 g/mol. The number of hydrogen-bond acceptors (Lipinski definition) is 8. The molecule has 1 aromatic heterocycles. The quantitative estimate of drug-likeness (QED) is 0.392. The van der Waals surface area contributed by atoms with Crippen LogP contribution in [0.15, 0.2) is 36.5 Å². The summed E-state index contributed by atoms with van der Waals surface area (Å²) in [6.07, 6.45) is 2.88. The number of benzene rings is 2. The number of aromatic nitrogens is 2. The molecular formula is C27H28ClFN6O4. The van der Waals surface area contributed by atoms with Crippen LogP contribution in [-0.4, -0.2) is 60.0 Å². The average molecular weight is 555 g/mol. The van der Waals surface area contributed by atoms with Gasteiger partial charge < -0.3 is 30.3 Å². The maximum absolute atomic E-state index is 15.0. The highest BCUT2D eigenvalue weighted by atomic mass is 35.5. The van der Waals surface area contributed by atoms with Crippen molar-refractivity contribution >= 4 is 35.1 Å². The third kappa shape index (κ3) is 5.32. The van der Waals surface area contributed by atoms with Crippen molar-refractivity contribution in [3.05, 3.63) is 64.1 Å². The topological polar surface area (TPSA) is 118 Å². The number of nitrogens with one attached hydrogen (secondary N) is 3. The second-order valence-corrected chi connectivity index (χ2v) is 9.82. The third-order valence-corrected chi connectivity index (χ3v) is 7.26. The number of hydrogen-bond donors (Lipinski definition) is 3. The standard InChI is InChI=1S/C27H28ClFN6O4/c1-14-16-5-4-6-21(23(16)26(37)35(14)2)39-25-18(28)13-31-27(34-25)33-20-12-19(29)17(11-22(20)38-3)24(36)32-15-7-9-30-10-8-15/h4-6,11-15,30H,7-10H2,1-3H3,(H,32,36)(H,31,33,34). The summed E-state index contributed by atoms with van der Waals surface area (Å²) >= 11 is 6.31. The van der Waals surface area contributed by atoms with E-state index in [0.29, 0.717) is 11.3 Å². The average Bonchev–Trinajstić information content (AvgIpc) is 3.15. The van der Waals surface area contributed by atoms with E-state index in [1.807, 2.05) is 13.0 Å². The van der Waals surface area contributed by atoms with Gasteiger partial charge in [0.15, 0.2) is 0 Å². The summed E-state index contributed by atoms with van der Waals surface area (Å²) in [7, 11) is 3.14. The smallest absolute Gasteiger partial charge is 0.258 e. The minimum Gasteiger partial charge on any atom is -0.495 e. The first-order valence-electron chi connectivity index (χ1n) is 12.5. The number of piperidine rings is 1. The van der Waals surface area contributed by atoms with Crippen molar-refractivity contribution < 1.29 is 23.5 Å². The normalized spacial score (nSPS) is 17.1. The number of amides is 2. The summed E-state index contributed by atoms with van der Waals surface area (Å²) in [5.74, 6) is -0.816. The minimum atomic E-state index is -0.730. The summed E-state index contributed by atoms with van der Waals surface area (Å²) in [4.78, 5) is 35.6. The summed E-state index contributed by atoms with van der Waals surface area (Å²) in [6, 6.07) is 7.70. The summed E-state index contributed by atoms with van der Waals surface area (Å²) in [5.41, 5.74) is 1.36. The molecule has 1 unspecified atom stereocenters. The molecule has 3 aromatic rings. The van der Waals surface area contributed by atoms with Crippen LogP contribution in [0.3, 0.4) is 0 Å². The predicted molar refractivity (Wildman–Crippen MR) is 144 cm³/mol. The highest BCUT2D eigenvalue weighted by molar-refractivity contribution is 6.31. The summed E-state index contributed by atoms with van der Waals surface area (Å²) in [5, 5.41) is 9.13. The number of carbonyl (C=O) groups is 2. The van der Waals surface area contributed by atoms with E-state index in [9.17, 15) is 9.59 Å². The van der Waals surface area contributed by atoms with Crippen LogP contribution in [0.1, 0.15) is 52.1 Å². The second-order valence-electron chi connectivity index (χ2n) is 9.42. The predicted octanol–water partition coefficient (Wildman–Crippen LogP) is 4.44. The first kappa shape index (κ1) is 26.6. The molecule has 0 bridgehead atoms. The van der Waals surface area contributed by atoms with E-state index >= 15 is 4.39 Å². The van der Waals surface area contributed by atoms with Crippen LogP contribution in [0.4, 0.5) is 16.0 Å². The number of halogens is 2. The Morgan fingerprint density at radius 3 is 2.74 bits per heavy atom. The molecule has 39 heavy (non-hydrogen) atoms. The molecule has 0 radical (unpaired) electrons. The molecule has 1 atom stereocenters. The second kappa shape index (κ2) is 11.0. The Kier molecular flexibility index (Phi) is 7.53. The maximum Gasteiger partial charge on any atom is 0.258 e. The Labute approximate surface area is 229 Å². The molecule has 3 N–H and O–H groups in total. The largest absolute Gasteiger partial charge is 0.495 e. The fraction of sp³-hybridized carbons (Fsp3) is 0.333. The molecule has 5 rings (SSSR count). The molecule has 3 heterocycles. The van der Waals surface area contributed by atoms with Crippen molar-refractivity contribution in [2.75, 3.05) is 32.6 Å². The lowest BCUT2D eigenvalue weighted by Crippen LogP contribution is -2.42. The van der Waals surface area contributed by atoms with Gasteiger partial charge >= 0.3 is 0 Å². The number of rotatable bonds is 7. The lowest BCUT2D eigenvalue weighted by atomic mass is 10.1. The fourth-order valence-electron chi connectivity index (χ4n) is 4.70. The number of carbonyl (C=O) groups excluding carboxylic acids is 2. The van der Waals surface area contributed by atoms with Gasteiger partial charge in [0.25, 0.3) is 11.8 Å². The number of nitrogens with zero attached hydrogens (tertiary/aromatic N) is 3. The Morgan fingerprint density at radius 2 is 2.00 bits per heavy atom. The number of anilines is 2. The van der Waals surface area contributed by atoms with Crippen LogP contribution < -0.4 is 25.4 Å². The van der Waals surface area contributed by atoms with Crippen LogP contribution >= 0.6 is 11.6 Å². The molecule has 2 aliphatic rings. The molecule has 12 heteroatoms. The van der Waals surface area contributed by atoms with Crippen molar-refractivity contribution in [2.24, 2.45) is 0 Å². The SMILES string of the molecule is COc1cc(C(=O)NC2CCNCC2)c(F)cc1Nc1ncc(Cl)c(Oc2cccc3c2C(=O)N(C)C3C)n1. The number of fused-ring (bicyclic) bond motifs is 1. The van der Waals surface area contributed by atoms with Crippen molar-refractivity contribution in [2.45, 2.75) is 31.8 Å². The molecule has 0 spiro atoms. The Bertz CT molecular complexity index is 1430. The van der Waals surface area contributed by atoms with Gasteiger partial charge in [0, 0.05) is 19.2 Å². The Hall–Kier alpha value is -3.96. The van der Waals surface area contributed by atoms with Gasteiger partial charge in [-0.25, -0.2) is 9.37 Å². The zero-order valence-corrected chi connectivity index (χ0v) is 22.4. The Balaban J connectivity index is 1.38. The molecule has 204 valence electrons. The van der Waals surface area contributed by atoms with E-state index in [-0.39, 0.29) is 51.8 Å². The van der Waals surface area contributed by atoms with Crippen LogP contribution in [-0.2, 0) is 0 Å². The highest BCUT2D eigenvalue weighted by Gasteiger charge is 2.34. The van der Waals surface area contributed by atoms with Crippen molar-refractivity contribution in [3.8, 4) is 17.4 Å². The summed E-state index contributed by atoms with van der Waals surface area (Å²) < 4.78 is 26.4. The molecule has 2 aromatic carbocycles. The van der Waals surface area contributed by atoms with Crippen LogP contribution in [0.5, 0.6) is 17.4 Å². The van der Waals surface area contributed by atoms with Gasteiger partial charge in [-0.3, -0.25) is 9.59 Å². The van der Waals surface area contributed by atoms with E-state index in [1.165, 1.54) is 19.4 Å². The molecule has 1 fully saturated rings. The highest BCUT2D eigenvalue weighted by Crippen LogP contribution is 2.40. The van der Waals surface area contributed by atoms with E-state index in [0.717, 1.165) is 37.6 Å². The molecule has 2 aliphatic heterocycles. The van der Waals surface area contributed by atoms with Crippen molar-refractivity contribution in [3.63, 3.8) is 0 Å². The van der Waals surface area contributed by atoms with Gasteiger partial charge in [-0.2, -0.15) is 4.98 Å². The molecule has 10 nitrogen and oxygen atoms in total. The maximum atomic E-state index is 15.0. The fourth-order valence-corrected chi connectivity index (χ4v) is 4.83. The van der Waals surface area contributed by atoms with Crippen molar-refractivity contribution in [1.29, 1.82) is 0 Å². The Morgan fingerprint density at radius 1 is 1.23 bits per heavy atom. The van der Waals surface area contributed by atoms with Gasteiger partial charge in [-0.1, -0.05) is 23.7 Å². The first-order valence-corrected chi connectivity index (χ1v) is 12.9. The summed E-state index contributed by atoms with van der Waals surface area (Å²) in [6.45, 7) is 3.53. The molecule has 1 saturated heterocycles. The lowest BCUT2D eigenvalue weighted by molar-refractivity contribution is 0.0782. The van der Waals surface area contributed by atoms with Crippen LogP contribution in [0.2, 0.25) is 5.02 Å². The van der Waals surface area contributed by atoms with E-state index in [2.05, 4.69) is 25.9 Å². The van der Waals surface area contributed by atoms with E-state index < -0.39 is 11.7 Å². The minimum absolute atomic E-state index is 0.00924. The molecule has 2 amide bonds. The van der Waals surface area contributed by atoms with E-state index in [4.69, 9.17) is 21.1 Å². The van der Waals surface area contributed by atoms with Gasteiger partial charge in [0.05, 0.1) is 36.2 Å². The third-order valence-electron chi connectivity index (χ3n) is 7.00. The zero-order chi connectivity index (χ0) is 27.7. The zero-order valence-electron chi connectivity index (χ0n) is 21.7. The van der Waals surface area contributed by atoms with Gasteiger partial charge in [-0.15, -0.1) is 0 Å². The van der Waals surface area contributed by atoms with Crippen molar-refractivity contribution in [1.82, 2.24) is 25.5 Å². The monoisotopic (exact) mass is 554 g/mol. The van der Waals surface area contributed by atoms with Gasteiger partial charge in [0.1, 0.15) is 22.3 Å². The van der Waals surface area contributed by atoms with Crippen LogP contribution in [0, 0.1) is 5.82 Å². The molecule has 0 saturated carbocycles. The number of methoxy groups -OCH3 is 1. The van der Waals surface area contributed by atoms with Gasteiger partial charge in [0.2, 0.25) is 11.8 Å². The molecule has 0 aliphatic carbocycles. The van der Waals surface area contributed by atoms with E-state index in [1.54, 1.807) is 24.1 Å². The van der Waals surface area contributed by atoms with Gasteiger partial charge in [-0.05, 0) is 50.6 Å².